The highest BCUT2D eigenvalue weighted by Gasteiger charge is 2.11. The van der Waals surface area contributed by atoms with Crippen molar-refractivity contribution in [2.75, 3.05) is 26.7 Å². The van der Waals surface area contributed by atoms with Crippen LogP contribution in [0.5, 0.6) is 11.5 Å². The van der Waals surface area contributed by atoms with Crippen molar-refractivity contribution >= 4 is 5.95 Å². The van der Waals surface area contributed by atoms with Crippen molar-refractivity contribution in [3.05, 3.63) is 34.5 Å². The Morgan fingerprint density at radius 2 is 1.86 bits per heavy atom. The number of aryl methyl sites for hydroxylation is 1. The van der Waals surface area contributed by atoms with Crippen LogP contribution in [0.15, 0.2) is 23.0 Å². The van der Waals surface area contributed by atoms with Crippen molar-refractivity contribution in [1.82, 2.24) is 20.0 Å². The Balaban J connectivity index is 2.54. The van der Waals surface area contributed by atoms with E-state index in [4.69, 9.17) is 9.47 Å². The van der Waals surface area contributed by atoms with Crippen LogP contribution in [-0.4, -0.2) is 35.8 Å². The number of methoxy groups -OCH3 is 2. The van der Waals surface area contributed by atoms with Crippen molar-refractivity contribution < 1.29 is 9.47 Å². The summed E-state index contributed by atoms with van der Waals surface area (Å²) in [4.78, 5) is 20.2. The van der Waals surface area contributed by atoms with Crippen LogP contribution in [0.3, 0.4) is 0 Å². The summed E-state index contributed by atoms with van der Waals surface area (Å²) in [7, 11) is 4.75. The maximum absolute atomic E-state index is 12.2. The van der Waals surface area contributed by atoms with Crippen molar-refractivity contribution in [2.24, 2.45) is 0 Å². The Bertz CT molecular complexity index is 699. The van der Waals surface area contributed by atoms with E-state index in [0.717, 1.165) is 0 Å². The molecule has 2 rings (SSSR count). The molecule has 1 heterocycles. The molecule has 0 amide bonds. The van der Waals surface area contributed by atoms with Crippen molar-refractivity contribution in [1.29, 1.82) is 0 Å². The van der Waals surface area contributed by atoms with Gasteiger partial charge in [-0.3, -0.25) is 5.43 Å². The lowest BCUT2D eigenvalue weighted by Gasteiger charge is -2.13. The molecular formula is C13H17N5O3. The van der Waals surface area contributed by atoms with E-state index in [1.165, 1.54) is 11.7 Å². The lowest BCUT2D eigenvalue weighted by Crippen LogP contribution is -2.28. The fourth-order valence-corrected chi connectivity index (χ4v) is 1.94. The zero-order chi connectivity index (χ0) is 15.4. The molecule has 0 aliphatic heterocycles. The molecule has 8 nitrogen and oxygen atoms in total. The topological polar surface area (TPSA) is 90.3 Å². The zero-order valence-corrected chi connectivity index (χ0v) is 12.3. The molecule has 0 spiro atoms. The van der Waals surface area contributed by atoms with E-state index < -0.39 is 5.69 Å². The lowest BCUT2D eigenvalue weighted by molar-refractivity contribution is 0.355. The highest BCUT2D eigenvalue weighted by molar-refractivity contribution is 5.49. The van der Waals surface area contributed by atoms with Gasteiger partial charge in [0.1, 0.15) is 5.82 Å². The number of hydrazine groups is 1. The van der Waals surface area contributed by atoms with Gasteiger partial charge >= 0.3 is 5.69 Å². The van der Waals surface area contributed by atoms with Crippen molar-refractivity contribution in [3.8, 4) is 17.2 Å². The van der Waals surface area contributed by atoms with E-state index in [1.807, 2.05) is 0 Å². The van der Waals surface area contributed by atoms with Gasteiger partial charge < -0.3 is 9.47 Å². The highest BCUT2D eigenvalue weighted by atomic mass is 16.5. The minimum atomic E-state index is -0.438. The van der Waals surface area contributed by atoms with Crippen LogP contribution in [-0.2, 0) is 0 Å². The van der Waals surface area contributed by atoms with Crippen LogP contribution < -0.4 is 26.0 Å². The van der Waals surface area contributed by atoms with Gasteiger partial charge in [0.25, 0.3) is 0 Å². The summed E-state index contributed by atoms with van der Waals surface area (Å²) in [5, 5.41) is 0. The molecule has 0 saturated carbocycles. The first-order chi connectivity index (χ1) is 10.1. The van der Waals surface area contributed by atoms with Gasteiger partial charge in [0.15, 0.2) is 11.5 Å². The molecule has 8 heteroatoms. The first kappa shape index (κ1) is 14.8. The Kier molecular flexibility index (Phi) is 4.39. The number of nitrogens with zero attached hydrogens (tertiary/aromatic N) is 3. The number of rotatable bonds is 5. The van der Waals surface area contributed by atoms with Gasteiger partial charge in [-0.15, -0.1) is 0 Å². The Hall–Kier alpha value is -2.61. The van der Waals surface area contributed by atoms with Crippen molar-refractivity contribution in [3.63, 3.8) is 0 Å². The highest BCUT2D eigenvalue weighted by Crippen LogP contribution is 2.28. The van der Waals surface area contributed by atoms with E-state index in [2.05, 4.69) is 20.8 Å². The third-order valence-electron chi connectivity index (χ3n) is 2.85. The van der Waals surface area contributed by atoms with Gasteiger partial charge in [0, 0.05) is 13.1 Å². The molecule has 0 saturated heterocycles. The normalized spacial score (nSPS) is 10.3. The first-order valence-corrected chi connectivity index (χ1v) is 6.23. The average molecular weight is 291 g/mol. The summed E-state index contributed by atoms with van der Waals surface area (Å²) in [6, 6.07) is 5.16. The van der Waals surface area contributed by atoms with Gasteiger partial charge in [-0.05, 0) is 19.1 Å². The van der Waals surface area contributed by atoms with E-state index in [-0.39, 0.29) is 5.95 Å². The molecule has 0 aliphatic rings. The average Bonchev–Trinajstić information content (AvgIpc) is 2.46. The Morgan fingerprint density at radius 1 is 1.14 bits per heavy atom. The van der Waals surface area contributed by atoms with E-state index >= 15 is 0 Å². The van der Waals surface area contributed by atoms with Crippen LogP contribution in [0.25, 0.3) is 5.69 Å². The molecular weight excluding hydrogens is 274 g/mol. The summed E-state index contributed by atoms with van der Waals surface area (Å²) < 4.78 is 11.8. The Morgan fingerprint density at radius 3 is 2.43 bits per heavy atom. The molecule has 21 heavy (non-hydrogen) atoms. The molecule has 1 aromatic carbocycles. The summed E-state index contributed by atoms with van der Waals surface area (Å²) in [5.41, 5.74) is 5.52. The summed E-state index contributed by atoms with van der Waals surface area (Å²) in [6.45, 7) is 1.72. The number of benzene rings is 1. The molecule has 0 fully saturated rings. The van der Waals surface area contributed by atoms with E-state index in [0.29, 0.717) is 23.0 Å². The summed E-state index contributed by atoms with van der Waals surface area (Å²) >= 11 is 0. The molecule has 2 N–H and O–H groups in total. The van der Waals surface area contributed by atoms with Gasteiger partial charge in [-0.25, -0.2) is 14.8 Å². The quantitative estimate of drug-likeness (QED) is 0.775. The van der Waals surface area contributed by atoms with Crippen LogP contribution in [0, 0.1) is 6.92 Å². The third-order valence-corrected chi connectivity index (χ3v) is 2.85. The minimum absolute atomic E-state index is 0.219. The predicted molar refractivity (Wildman–Crippen MR) is 78.2 cm³/mol. The van der Waals surface area contributed by atoms with Gasteiger partial charge in [-0.2, -0.15) is 9.97 Å². The number of nitrogens with one attached hydrogen (secondary N) is 2. The van der Waals surface area contributed by atoms with E-state index in [1.54, 1.807) is 39.3 Å². The third kappa shape index (κ3) is 2.95. The van der Waals surface area contributed by atoms with Crippen molar-refractivity contribution in [2.45, 2.75) is 6.92 Å². The second-order valence-corrected chi connectivity index (χ2v) is 4.13. The standard InChI is InChI=1S/C13H17N5O3/c1-8-15-12(17-14-2)16-13(19)18(8)9-5-6-10(20-3)11(7-9)21-4/h5-7,14H,1-4H3,(H,16,17,19). The number of hydrogen-bond donors (Lipinski definition) is 2. The monoisotopic (exact) mass is 291 g/mol. The van der Waals surface area contributed by atoms with Crippen LogP contribution in [0.1, 0.15) is 5.82 Å². The second-order valence-electron chi connectivity index (χ2n) is 4.13. The maximum Gasteiger partial charge on any atom is 0.356 e. The first-order valence-electron chi connectivity index (χ1n) is 6.23. The maximum atomic E-state index is 12.2. The summed E-state index contributed by atoms with van der Waals surface area (Å²) in [6.07, 6.45) is 0. The SMILES string of the molecule is CNNc1nc(C)n(-c2ccc(OC)c(OC)c2)c(=O)n1. The summed E-state index contributed by atoms with van der Waals surface area (Å²) in [5.74, 6) is 1.83. The minimum Gasteiger partial charge on any atom is -0.493 e. The molecule has 0 aliphatic carbocycles. The lowest BCUT2D eigenvalue weighted by atomic mass is 10.2. The fourth-order valence-electron chi connectivity index (χ4n) is 1.94. The number of aromatic nitrogens is 3. The molecule has 0 unspecified atom stereocenters. The largest absolute Gasteiger partial charge is 0.493 e. The molecule has 0 bridgehead atoms. The van der Waals surface area contributed by atoms with Gasteiger partial charge in [-0.1, -0.05) is 0 Å². The predicted octanol–water partition coefficient (Wildman–Crippen LogP) is 0.499. The van der Waals surface area contributed by atoms with Gasteiger partial charge in [0.05, 0.1) is 19.9 Å². The number of ether oxygens (including phenoxy) is 2. The Labute approximate surface area is 121 Å². The second kappa shape index (κ2) is 6.23. The molecule has 2 aromatic rings. The van der Waals surface area contributed by atoms with Crippen LogP contribution in [0.2, 0.25) is 0 Å². The zero-order valence-electron chi connectivity index (χ0n) is 12.3. The molecule has 112 valence electrons. The molecule has 0 radical (unpaired) electrons. The fraction of sp³-hybridized carbons (Fsp3) is 0.308. The van der Waals surface area contributed by atoms with E-state index in [9.17, 15) is 4.79 Å². The smallest absolute Gasteiger partial charge is 0.356 e. The van der Waals surface area contributed by atoms with Crippen LogP contribution >= 0.6 is 0 Å². The number of hydrogen-bond acceptors (Lipinski definition) is 7. The molecule has 1 aromatic heterocycles. The van der Waals surface area contributed by atoms with Crippen LogP contribution in [0.4, 0.5) is 5.95 Å². The molecule has 0 atom stereocenters. The van der Waals surface area contributed by atoms with Gasteiger partial charge in [0.2, 0.25) is 5.95 Å². The number of anilines is 1.